The first-order valence-corrected chi connectivity index (χ1v) is 6.18. The van der Waals surface area contributed by atoms with Crippen LogP contribution < -0.4 is 10.2 Å². The lowest BCUT2D eigenvalue weighted by atomic mass is 10.1. The largest absolute Gasteiger partial charge is 0.490 e. The average molecular weight is 308 g/mol. The summed E-state index contributed by atoms with van der Waals surface area (Å²) in [6.45, 7) is 3.53. The summed E-state index contributed by atoms with van der Waals surface area (Å²) in [5, 5.41) is 0. The van der Waals surface area contributed by atoms with Crippen molar-refractivity contribution in [2.24, 2.45) is 5.92 Å². The van der Waals surface area contributed by atoms with Crippen LogP contribution in [-0.4, -0.2) is 18.8 Å². The molecule has 0 fully saturated rings. The van der Waals surface area contributed by atoms with Crippen LogP contribution in [0, 0.1) is 5.92 Å². The Bertz CT molecular complexity index is 533. The van der Waals surface area contributed by atoms with Gasteiger partial charge in [-0.3, -0.25) is 4.79 Å². The van der Waals surface area contributed by atoms with Crippen molar-refractivity contribution in [2.75, 3.05) is 6.61 Å². The Morgan fingerprint density at radius 2 is 2.05 bits per heavy atom. The number of alkyl halides is 3. The zero-order valence-corrected chi connectivity index (χ0v) is 11.5. The Labute approximate surface area is 118 Å². The third-order valence-corrected chi connectivity index (χ3v) is 2.38. The van der Waals surface area contributed by atoms with Crippen LogP contribution in [0.25, 0.3) is 0 Å². The molecular formula is C13H15F3O5. The van der Waals surface area contributed by atoms with Crippen molar-refractivity contribution in [1.29, 1.82) is 0 Å². The first kappa shape index (κ1) is 17.1. The fourth-order valence-corrected chi connectivity index (χ4v) is 1.24. The number of ether oxygens (including phenoxy) is 2. The third kappa shape index (κ3) is 5.88. The van der Waals surface area contributed by atoms with E-state index in [2.05, 4.69) is 4.74 Å². The van der Waals surface area contributed by atoms with Gasteiger partial charge in [0.2, 0.25) is 11.2 Å². The molecule has 0 bridgehead atoms. The van der Waals surface area contributed by atoms with E-state index < -0.39 is 24.2 Å². The summed E-state index contributed by atoms with van der Waals surface area (Å²) in [4.78, 5) is 22.1. The summed E-state index contributed by atoms with van der Waals surface area (Å²) in [6.07, 6.45) is -3.36. The highest BCUT2D eigenvalue weighted by Gasteiger charge is 2.41. The molecule has 1 aromatic heterocycles. The second-order valence-corrected chi connectivity index (χ2v) is 4.68. The monoisotopic (exact) mass is 308 g/mol. The second-order valence-electron chi connectivity index (χ2n) is 4.68. The van der Waals surface area contributed by atoms with Crippen molar-refractivity contribution < 1.29 is 31.9 Å². The van der Waals surface area contributed by atoms with Crippen molar-refractivity contribution >= 4 is 5.97 Å². The van der Waals surface area contributed by atoms with E-state index in [1.54, 1.807) is 0 Å². The van der Waals surface area contributed by atoms with Gasteiger partial charge in [0.05, 0.1) is 6.61 Å². The zero-order chi connectivity index (χ0) is 16.0. The molecule has 0 aliphatic rings. The molecule has 1 aromatic rings. The average Bonchev–Trinajstić information content (AvgIpc) is 2.36. The summed E-state index contributed by atoms with van der Waals surface area (Å²) in [6, 6.07) is 0.925. The summed E-state index contributed by atoms with van der Waals surface area (Å²) in [5.74, 6) is -2.18. The maximum Gasteiger partial charge on any atom is 0.490 e. The molecule has 0 atom stereocenters. The van der Waals surface area contributed by atoms with E-state index in [1.165, 1.54) is 0 Å². The molecule has 1 rings (SSSR count). The molecule has 8 heteroatoms. The molecule has 0 N–H and O–H groups in total. The standard InChI is InChI=1S/C13H15F3O5/c1-8(2)3-4-19-11-7-20-9(5-10(11)17)6-21-12(18)13(14,15)16/h5,7-8H,3-4,6H2,1-2H3. The summed E-state index contributed by atoms with van der Waals surface area (Å²) >= 11 is 0. The van der Waals surface area contributed by atoms with Crippen LogP contribution in [0.3, 0.4) is 0 Å². The Hall–Kier alpha value is -1.99. The van der Waals surface area contributed by atoms with Crippen molar-refractivity contribution in [1.82, 2.24) is 0 Å². The van der Waals surface area contributed by atoms with E-state index >= 15 is 0 Å². The molecule has 0 aliphatic heterocycles. The third-order valence-electron chi connectivity index (χ3n) is 2.38. The predicted molar refractivity (Wildman–Crippen MR) is 65.8 cm³/mol. The molecule has 5 nitrogen and oxygen atoms in total. The van der Waals surface area contributed by atoms with E-state index in [0.717, 1.165) is 18.8 Å². The van der Waals surface area contributed by atoms with Gasteiger partial charge in [-0.2, -0.15) is 13.2 Å². The van der Waals surface area contributed by atoms with E-state index in [0.29, 0.717) is 12.5 Å². The fourth-order valence-electron chi connectivity index (χ4n) is 1.24. The summed E-state index contributed by atoms with van der Waals surface area (Å²) < 4.78 is 49.8. The van der Waals surface area contributed by atoms with Gasteiger partial charge in [0.15, 0.2) is 0 Å². The Morgan fingerprint density at radius 1 is 1.38 bits per heavy atom. The molecule has 0 aromatic carbocycles. The molecule has 0 spiro atoms. The topological polar surface area (TPSA) is 65.7 Å². The number of carbonyl (C=O) groups is 1. The van der Waals surface area contributed by atoms with Crippen molar-refractivity contribution in [3.63, 3.8) is 0 Å². The number of esters is 1. The minimum Gasteiger partial charge on any atom is -0.487 e. The molecule has 0 saturated heterocycles. The number of hydrogen-bond acceptors (Lipinski definition) is 5. The van der Waals surface area contributed by atoms with Crippen molar-refractivity contribution in [3.05, 3.63) is 28.3 Å². The minimum absolute atomic E-state index is 0.0402. The van der Waals surface area contributed by atoms with Gasteiger partial charge >= 0.3 is 12.1 Å². The number of halogens is 3. The van der Waals surface area contributed by atoms with Gasteiger partial charge in [0.1, 0.15) is 18.6 Å². The second kappa shape index (κ2) is 7.14. The van der Waals surface area contributed by atoms with Crippen LogP contribution >= 0.6 is 0 Å². The first-order chi connectivity index (χ1) is 9.70. The SMILES string of the molecule is CC(C)CCOc1coc(COC(=O)C(F)(F)F)cc1=O. The van der Waals surface area contributed by atoms with Gasteiger partial charge < -0.3 is 13.9 Å². The van der Waals surface area contributed by atoms with E-state index in [-0.39, 0.29) is 11.5 Å². The highest BCUT2D eigenvalue weighted by molar-refractivity contribution is 5.75. The molecule has 0 aliphatic carbocycles. The normalized spacial score (nSPS) is 11.5. The molecule has 1 heterocycles. The number of rotatable bonds is 6. The number of carbonyl (C=O) groups excluding carboxylic acids is 1. The Balaban J connectivity index is 2.58. The summed E-state index contributed by atoms with van der Waals surface area (Å²) in [7, 11) is 0. The molecule has 0 amide bonds. The smallest absolute Gasteiger partial charge is 0.487 e. The Morgan fingerprint density at radius 3 is 2.57 bits per heavy atom. The van der Waals surface area contributed by atoms with Crippen LogP contribution in [0.5, 0.6) is 5.75 Å². The lowest BCUT2D eigenvalue weighted by Crippen LogP contribution is -2.25. The van der Waals surface area contributed by atoms with Crippen molar-refractivity contribution in [2.45, 2.75) is 33.1 Å². The van der Waals surface area contributed by atoms with Crippen LogP contribution in [0.15, 0.2) is 21.5 Å². The van der Waals surface area contributed by atoms with Crippen LogP contribution in [0.4, 0.5) is 13.2 Å². The van der Waals surface area contributed by atoms with Crippen LogP contribution in [0.1, 0.15) is 26.0 Å². The Kier molecular flexibility index (Phi) is 5.80. The maximum atomic E-state index is 11.9. The fraction of sp³-hybridized carbons (Fsp3) is 0.538. The van der Waals surface area contributed by atoms with Gasteiger partial charge in [-0.05, 0) is 12.3 Å². The quantitative estimate of drug-likeness (QED) is 0.756. The minimum atomic E-state index is -5.08. The van der Waals surface area contributed by atoms with Gasteiger partial charge in [-0.15, -0.1) is 0 Å². The molecular weight excluding hydrogens is 293 g/mol. The highest BCUT2D eigenvalue weighted by atomic mass is 19.4. The highest BCUT2D eigenvalue weighted by Crippen LogP contribution is 2.17. The lowest BCUT2D eigenvalue weighted by molar-refractivity contribution is -0.201. The van der Waals surface area contributed by atoms with Crippen LogP contribution in [-0.2, 0) is 16.1 Å². The van der Waals surface area contributed by atoms with Gasteiger partial charge in [-0.1, -0.05) is 13.8 Å². The van der Waals surface area contributed by atoms with E-state index in [1.807, 2.05) is 13.8 Å². The van der Waals surface area contributed by atoms with Gasteiger partial charge in [0, 0.05) is 6.07 Å². The van der Waals surface area contributed by atoms with E-state index in [4.69, 9.17) is 9.15 Å². The van der Waals surface area contributed by atoms with E-state index in [9.17, 15) is 22.8 Å². The zero-order valence-electron chi connectivity index (χ0n) is 11.5. The van der Waals surface area contributed by atoms with Crippen molar-refractivity contribution in [3.8, 4) is 5.75 Å². The lowest BCUT2D eigenvalue weighted by Gasteiger charge is -2.08. The molecule has 0 radical (unpaired) electrons. The molecule has 21 heavy (non-hydrogen) atoms. The first-order valence-electron chi connectivity index (χ1n) is 6.18. The molecule has 118 valence electrons. The molecule has 0 unspecified atom stereocenters. The van der Waals surface area contributed by atoms with Crippen LogP contribution in [0.2, 0.25) is 0 Å². The predicted octanol–water partition coefficient (Wildman–Crippen LogP) is 2.67. The van der Waals surface area contributed by atoms with Gasteiger partial charge in [-0.25, -0.2) is 4.79 Å². The summed E-state index contributed by atoms with van der Waals surface area (Å²) in [5.41, 5.74) is -0.553. The maximum absolute atomic E-state index is 11.9. The number of hydrogen-bond donors (Lipinski definition) is 0. The molecule has 0 saturated carbocycles. The van der Waals surface area contributed by atoms with Gasteiger partial charge in [0.25, 0.3) is 0 Å².